The van der Waals surface area contributed by atoms with Crippen LogP contribution < -0.4 is 4.72 Å². The highest BCUT2D eigenvalue weighted by atomic mass is 32.2. The van der Waals surface area contributed by atoms with Crippen LogP contribution >= 0.6 is 0 Å². The van der Waals surface area contributed by atoms with E-state index in [-0.39, 0.29) is 28.0 Å². The number of cyclic esters (lactones) is 1. The number of aliphatic imine (C=N–C) groups is 1. The summed E-state index contributed by atoms with van der Waals surface area (Å²) in [7, 11) is -4.06. The summed E-state index contributed by atoms with van der Waals surface area (Å²) in [6.45, 7) is 0. The maximum absolute atomic E-state index is 13.0. The molecule has 40 heavy (non-hydrogen) atoms. The van der Waals surface area contributed by atoms with Gasteiger partial charge in [-0.1, -0.05) is 42.5 Å². The maximum Gasteiger partial charge on any atom is 0.339 e. The number of esters is 1. The summed E-state index contributed by atoms with van der Waals surface area (Å²) in [5.74, 6) is -1.13. The van der Waals surface area contributed by atoms with E-state index >= 15 is 0 Å². The Morgan fingerprint density at radius 1 is 0.925 bits per heavy atom. The fourth-order valence-electron chi connectivity index (χ4n) is 4.53. The van der Waals surface area contributed by atoms with E-state index in [1.54, 1.807) is 42.5 Å². The second kappa shape index (κ2) is 9.86. The number of Topliss-reactive ketones (excluding diaryl/α,β-unsaturated/α-hetero) is 1. The molecule has 0 amide bonds. The van der Waals surface area contributed by atoms with Gasteiger partial charge in [0.15, 0.2) is 5.78 Å². The van der Waals surface area contributed by atoms with Crippen molar-refractivity contribution in [2.75, 3.05) is 4.72 Å². The Kier molecular flexibility index (Phi) is 6.20. The van der Waals surface area contributed by atoms with Crippen LogP contribution in [0.15, 0.2) is 101 Å². The average molecular weight is 553 g/mol. The fraction of sp³-hybridized carbons (Fsp3) is 0.0690. The van der Waals surface area contributed by atoms with Crippen molar-refractivity contribution < 1.29 is 27.9 Å². The van der Waals surface area contributed by atoms with Gasteiger partial charge in [-0.3, -0.25) is 9.79 Å². The molecule has 0 radical (unpaired) electrons. The molecular formula is C29H20N4O6S. The lowest BCUT2D eigenvalue weighted by molar-refractivity contribution is 0.0242. The zero-order chi connectivity index (χ0) is 27.9. The summed E-state index contributed by atoms with van der Waals surface area (Å²) in [5.41, 5.74) is 2.95. The number of aliphatic hydroxyl groups excluding tert-OH is 1. The Bertz CT molecular complexity index is 1850. The fourth-order valence-corrected chi connectivity index (χ4v) is 5.48. The van der Waals surface area contributed by atoms with Crippen LogP contribution in [0.25, 0.3) is 5.76 Å². The third kappa shape index (κ3) is 4.63. The van der Waals surface area contributed by atoms with Crippen LogP contribution in [0.5, 0.6) is 0 Å². The topological polar surface area (TPSA) is 148 Å². The van der Waals surface area contributed by atoms with Gasteiger partial charge in [0.25, 0.3) is 10.0 Å². The van der Waals surface area contributed by atoms with E-state index in [1.807, 2.05) is 12.1 Å². The minimum atomic E-state index is -4.06. The number of sulfonamides is 1. The quantitative estimate of drug-likeness (QED) is 0.261. The Hall–Kier alpha value is -5.16. The molecule has 0 bridgehead atoms. The van der Waals surface area contributed by atoms with Gasteiger partial charge in [0.05, 0.1) is 27.4 Å². The van der Waals surface area contributed by atoms with Crippen molar-refractivity contribution in [3.8, 4) is 0 Å². The number of nitrogens with one attached hydrogen (secondary N) is 1. The lowest BCUT2D eigenvalue weighted by Crippen LogP contribution is -2.23. The average Bonchev–Trinajstić information content (AvgIpc) is 3.21. The molecule has 0 saturated heterocycles. The van der Waals surface area contributed by atoms with Gasteiger partial charge in [0.2, 0.25) is 5.95 Å². The second-order valence-electron chi connectivity index (χ2n) is 9.05. The van der Waals surface area contributed by atoms with Crippen molar-refractivity contribution in [1.29, 1.82) is 0 Å². The number of benzene rings is 3. The second-order valence-corrected chi connectivity index (χ2v) is 10.7. The van der Waals surface area contributed by atoms with Gasteiger partial charge < -0.3 is 9.84 Å². The van der Waals surface area contributed by atoms with E-state index in [0.717, 1.165) is 5.56 Å². The van der Waals surface area contributed by atoms with Crippen LogP contribution in [-0.2, 0) is 21.2 Å². The Labute approximate surface area is 228 Å². The first-order valence-corrected chi connectivity index (χ1v) is 13.6. The first-order chi connectivity index (χ1) is 19.3. The van der Waals surface area contributed by atoms with Crippen LogP contribution in [0.2, 0.25) is 0 Å². The van der Waals surface area contributed by atoms with E-state index < -0.39 is 22.1 Å². The molecule has 198 valence electrons. The minimum absolute atomic E-state index is 0.0590. The molecular weight excluding hydrogens is 532 g/mol. The molecule has 0 spiro atoms. The normalized spacial score (nSPS) is 16.6. The molecule has 11 heteroatoms. The molecule has 1 aromatic heterocycles. The predicted molar refractivity (Wildman–Crippen MR) is 146 cm³/mol. The van der Waals surface area contributed by atoms with Gasteiger partial charge in [-0.05, 0) is 42.0 Å². The number of allylic oxidation sites excluding steroid dienone is 1. The first kappa shape index (κ1) is 25.1. The molecule has 4 aromatic rings. The molecule has 2 aliphatic rings. The number of rotatable bonds is 6. The smallest absolute Gasteiger partial charge is 0.339 e. The SMILES string of the molecule is O=C1O[C@H](c2ccnc(NS(=O)(=O)c3ccc(N=CC4=C(O)c5ccccc5C4=O)cc3)n2)Cc2ccccc21. The van der Waals surface area contributed by atoms with Gasteiger partial charge in [-0.2, -0.15) is 0 Å². The van der Waals surface area contributed by atoms with Crippen molar-refractivity contribution >= 4 is 45.4 Å². The van der Waals surface area contributed by atoms with Crippen LogP contribution in [0.3, 0.4) is 0 Å². The molecule has 0 fully saturated rings. The number of ether oxygens (including phenoxy) is 1. The van der Waals surface area contributed by atoms with Gasteiger partial charge in [0.1, 0.15) is 11.9 Å². The molecule has 1 atom stereocenters. The van der Waals surface area contributed by atoms with Gasteiger partial charge in [-0.25, -0.2) is 27.9 Å². The molecule has 1 aliphatic heterocycles. The Balaban J connectivity index is 1.17. The standard InChI is InChI=1S/C29H20N4O6S/c34-26-21-7-3-4-8-22(21)27(35)23(26)16-31-18-9-11-19(12-10-18)40(37,38)33-29-30-14-13-24(32-29)25-15-17-5-1-2-6-20(17)28(36)39-25/h1-14,16,25,34H,15H2,(H,30,32,33)/t25-/m0/s1. The highest BCUT2D eigenvalue weighted by Gasteiger charge is 2.29. The van der Waals surface area contributed by atoms with Crippen LogP contribution in [-0.4, -0.2) is 41.5 Å². The number of carbonyl (C=O) groups excluding carboxylic acids is 2. The highest BCUT2D eigenvalue weighted by Crippen LogP contribution is 2.31. The summed E-state index contributed by atoms with van der Waals surface area (Å²) < 4.78 is 33.9. The molecule has 0 saturated carbocycles. The van der Waals surface area contributed by atoms with Gasteiger partial charge in [-0.15, -0.1) is 0 Å². The summed E-state index contributed by atoms with van der Waals surface area (Å²) in [4.78, 5) is 37.4. The minimum Gasteiger partial charge on any atom is -0.506 e. The van der Waals surface area contributed by atoms with Crippen LogP contribution in [0.4, 0.5) is 11.6 Å². The number of ketones is 1. The summed E-state index contributed by atoms with van der Waals surface area (Å²) in [6, 6.07) is 21.0. The molecule has 10 nitrogen and oxygen atoms in total. The first-order valence-electron chi connectivity index (χ1n) is 12.2. The number of hydrogen-bond acceptors (Lipinski definition) is 9. The molecule has 2 heterocycles. The number of nitrogens with zero attached hydrogens (tertiary/aromatic N) is 3. The number of fused-ring (bicyclic) bond motifs is 2. The zero-order valence-electron chi connectivity index (χ0n) is 20.7. The van der Waals surface area contributed by atoms with Crippen molar-refractivity contribution in [2.45, 2.75) is 17.4 Å². The van der Waals surface area contributed by atoms with Crippen molar-refractivity contribution in [2.24, 2.45) is 4.99 Å². The number of aromatic nitrogens is 2. The molecule has 2 N–H and O–H groups in total. The number of anilines is 1. The Morgan fingerprint density at radius 2 is 1.62 bits per heavy atom. The van der Waals surface area contributed by atoms with E-state index in [9.17, 15) is 23.1 Å². The van der Waals surface area contributed by atoms with E-state index in [1.165, 1.54) is 36.7 Å². The largest absolute Gasteiger partial charge is 0.506 e. The molecule has 3 aromatic carbocycles. The maximum atomic E-state index is 13.0. The zero-order valence-corrected chi connectivity index (χ0v) is 21.5. The van der Waals surface area contributed by atoms with Crippen LogP contribution in [0, 0.1) is 0 Å². The lowest BCUT2D eigenvalue weighted by atomic mass is 9.97. The Morgan fingerprint density at radius 3 is 2.38 bits per heavy atom. The van der Waals surface area contributed by atoms with Crippen molar-refractivity contribution in [3.05, 3.63) is 119 Å². The van der Waals surface area contributed by atoms with Gasteiger partial charge >= 0.3 is 5.97 Å². The summed E-state index contributed by atoms with van der Waals surface area (Å²) in [6.07, 6.45) is 2.37. The molecule has 0 unspecified atom stereocenters. The highest BCUT2D eigenvalue weighted by molar-refractivity contribution is 7.92. The van der Waals surface area contributed by atoms with E-state index in [0.29, 0.717) is 34.5 Å². The number of hydrogen-bond donors (Lipinski definition) is 2. The predicted octanol–water partition coefficient (Wildman–Crippen LogP) is 4.60. The number of carbonyl (C=O) groups is 2. The van der Waals surface area contributed by atoms with Gasteiger partial charge in [0, 0.05) is 30.0 Å². The third-order valence-electron chi connectivity index (χ3n) is 6.54. The van der Waals surface area contributed by atoms with E-state index in [4.69, 9.17) is 4.74 Å². The molecule has 1 aliphatic carbocycles. The van der Waals surface area contributed by atoms with Crippen LogP contribution in [0.1, 0.15) is 43.6 Å². The van der Waals surface area contributed by atoms with E-state index in [2.05, 4.69) is 19.7 Å². The van der Waals surface area contributed by atoms with Crippen molar-refractivity contribution in [3.63, 3.8) is 0 Å². The third-order valence-corrected chi connectivity index (χ3v) is 7.88. The summed E-state index contributed by atoms with van der Waals surface area (Å²) in [5, 5.41) is 10.4. The molecule has 6 rings (SSSR count). The monoisotopic (exact) mass is 552 g/mol. The lowest BCUT2D eigenvalue weighted by Gasteiger charge is -2.24. The summed E-state index contributed by atoms with van der Waals surface area (Å²) >= 11 is 0. The number of aliphatic hydroxyl groups is 1. The van der Waals surface area contributed by atoms with Crippen molar-refractivity contribution in [1.82, 2.24) is 9.97 Å².